The van der Waals surface area contributed by atoms with E-state index >= 15 is 0 Å². The molecule has 0 radical (unpaired) electrons. The van der Waals surface area contributed by atoms with Crippen LogP contribution in [0.4, 0.5) is 4.39 Å². The summed E-state index contributed by atoms with van der Waals surface area (Å²) in [7, 11) is 0. The molecular weight excluding hydrogens is 293 g/mol. The van der Waals surface area contributed by atoms with E-state index < -0.39 is 0 Å². The Balaban J connectivity index is 1.29. The van der Waals surface area contributed by atoms with E-state index in [1.807, 2.05) is 18.5 Å². The molecule has 4 rings (SSSR count). The van der Waals surface area contributed by atoms with Crippen LogP contribution in [0.25, 0.3) is 0 Å². The minimum atomic E-state index is -0.160. The van der Waals surface area contributed by atoms with Gasteiger partial charge in [0, 0.05) is 43.9 Å². The SMILES string of the molecule is Fc1cccc(CN2CC3(CO[C@@H](Cc4cncnc4)C3)C2)c1. The normalized spacial score (nSPS) is 23.1. The van der Waals surface area contributed by atoms with Crippen LogP contribution in [0.1, 0.15) is 17.5 Å². The average Bonchev–Trinajstić information content (AvgIpc) is 2.92. The summed E-state index contributed by atoms with van der Waals surface area (Å²) in [6.45, 7) is 3.71. The van der Waals surface area contributed by atoms with E-state index in [1.54, 1.807) is 18.5 Å². The van der Waals surface area contributed by atoms with Crippen molar-refractivity contribution in [3.63, 3.8) is 0 Å². The van der Waals surface area contributed by atoms with E-state index in [0.29, 0.717) is 0 Å². The number of hydrogen-bond donors (Lipinski definition) is 0. The Morgan fingerprint density at radius 2 is 2.04 bits per heavy atom. The molecule has 2 aliphatic heterocycles. The number of nitrogens with zero attached hydrogens (tertiary/aromatic N) is 3. The van der Waals surface area contributed by atoms with Crippen LogP contribution in [0.3, 0.4) is 0 Å². The van der Waals surface area contributed by atoms with E-state index in [9.17, 15) is 4.39 Å². The van der Waals surface area contributed by atoms with Crippen LogP contribution >= 0.6 is 0 Å². The lowest BCUT2D eigenvalue weighted by atomic mass is 9.77. The molecule has 2 fully saturated rings. The van der Waals surface area contributed by atoms with E-state index in [1.165, 1.54) is 6.07 Å². The predicted molar refractivity (Wildman–Crippen MR) is 84.2 cm³/mol. The van der Waals surface area contributed by atoms with Gasteiger partial charge in [0.2, 0.25) is 0 Å². The average molecular weight is 313 g/mol. The Morgan fingerprint density at radius 3 is 2.83 bits per heavy atom. The zero-order chi connectivity index (χ0) is 15.7. The van der Waals surface area contributed by atoms with Gasteiger partial charge >= 0.3 is 0 Å². The second kappa shape index (κ2) is 5.98. The molecule has 1 atom stereocenters. The second-order valence-electron chi connectivity index (χ2n) is 6.86. The maximum Gasteiger partial charge on any atom is 0.123 e. The molecule has 0 aliphatic carbocycles. The fraction of sp³-hybridized carbons (Fsp3) is 0.444. The zero-order valence-electron chi connectivity index (χ0n) is 13.0. The van der Waals surface area contributed by atoms with E-state index in [-0.39, 0.29) is 17.3 Å². The summed E-state index contributed by atoms with van der Waals surface area (Å²) in [5.74, 6) is -0.160. The molecule has 1 aromatic heterocycles. The van der Waals surface area contributed by atoms with Crippen LogP contribution in [0, 0.1) is 11.2 Å². The van der Waals surface area contributed by atoms with Crippen molar-refractivity contribution in [3.05, 3.63) is 59.9 Å². The standard InChI is InChI=1S/C18H20FN3O/c19-16-3-1-2-14(4-16)9-22-10-18(11-22)6-17(23-12-18)5-15-7-20-13-21-8-15/h1-4,7-8,13,17H,5-6,9-12H2/t17-/m0/s1. The first-order valence-electron chi connectivity index (χ1n) is 8.03. The molecule has 0 bridgehead atoms. The molecule has 5 heteroatoms. The highest BCUT2D eigenvalue weighted by molar-refractivity contribution is 5.17. The Labute approximate surface area is 135 Å². The highest BCUT2D eigenvalue weighted by atomic mass is 19.1. The molecule has 120 valence electrons. The Morgan fingerprint density at radius 1 is 1.22 bits per heavy atom. The zero-order valence-corrected chi connectivity index (χ0v) is 13.0. The van der Waals surface area contributed by atoms with Crippen LogP contribution in [0.5, 0.6) is 0 Å². The summed E-state index contributed by atoms with van der Waals surface area (Å²) in [6, 6.07) is 6.87. The molecule has 2 aliphatic rings. The molecular formula is C18H20FN3O. The Bertz CT molecular complexity index is 673. The maximum atomic E-state index is 13.2. The highest BCUT2D eigenvalue weighted by Gasteiger charge is 2.48. The molecule has 0 unspecified atom stereocenters. The molecule has 2 aromatic rings. The van der Waals surface area contributed by atoms with Crippen molar-refractivity contribution in [3.8, 4) is 0 Å². The van der Waals surface area contributed by atoms with E-state index in [2.05, 4.69) is 14.9 Å². The quantitative estimate of drug-likeness (QED) is 0.869. The van der Waals surface area contributed by atoms with Gasteiger partial charge in [-0.2, -0.15) is 0 Å². The predicted octanol–water partition coefficient (Wildman–Crippen LogP) is 2.45. The van der Waals surface area contributed by atoms with Crippen LogP contribution < -0.4 is 0 Å². The lowest BCUT2D eigenvalue weighted by molar-refractivity contribution is -0.0141. The summed E-state index contributed by atoms with van der Waals surface area (Å²) in [5, 5.41) is 0. The molecule has 0 N–H and O–H groups in total. The van der Waals surface area contributed by atoms with Gasteiger partial charge < -0.3 is 4.74 Å². The topological polar surface area (TPSA) is 38.2 Å². The van der Waals surface area contributed by atoms with Crippen molar-refractivity contribution in [1.82, 2.24) is 14.9 Å². The van der Waals surface area contributed by atoms with Gasteiger partial charge in [-0.3, -0.25) is 4.90 Å². The molecule has 3 heterocycles. The number of rotatable bonds is 4. The van der Waals surface area contributed by atoms with Gasteiger partial charge in [-0.05, 0) is 29.7 Å². The highest BCUT2D eigenvalue weighted by Crippen LogP contribution is 2.42. The first kappa shape index (κ1) is 14.7. The number of likely N-dealkylation sites (tertiary alicyclic amines) is 1. The van der Waals surface area contributed by atoms with Crippen LogP contribution in [0.2, 0.25) is 0 Å². The number of hydrogen-bond acceptors (Lipinski definition) is 4. The van der Waals surface area contributed by atoms with Crippen LogP contribution in [-0.4, -0.2) is 40.7 Å². The van der Waals surface area contributed by atoms with E-state index in [0.717, 1.165) is 50.2 Å². The van der Waals surface area contributed by atoms with Crippen molar-refractivity contribution in [2.75, 3.05) is 19.7 Å². The van der Waals surface area contributed by atoms with Crippen LogP contribution in [0.15, 0.2) is 43.0 Å². The number of aromatic nitrogens is 2. The van der Waals surface area contributed by atoms with E-state index in [4.69, 9.17) is 4.74 Å². The largest absolute Gasteiger partial charge is 0.377 e. The first-order chi connectivity index (χ1) is 11.2. The number of benzene rings is 1. The maximum absolute atomic E-state index is 13.2. The summed E-state index contributed by atoms with van der Waals surface area (Å²) in [6.07, 6.45) is 7.50. The van der Waals surface area contributed by atoms with Crippen molar-refractivity contribution < 1.29 is 9.13 Å². The smallest absolute Gasteiger partial charge is 0.123 e. The monoisotopic (exact) mass is 313 g/mol. The van der Waals surface area contributed by atoms with Gasteiger partial charge in [-0.15, -0.1) is 0 Å². The fourth-order valence-corrected chi connectivity index (χ4v) is 3.85. The van der Waals surface area contributed by atoms with Gasteiger partial charge in [-0.25, -0.2) is 14.4 Å². The fourth-order valence-electron chi connectivity index (χ4n) is 3.85. The number of halogens is 1. The van der Waals surface area contributed by atoms with Gasteiger partial charge in [0.15, 0.2) is 0 Å². The molecule has 4 nitrogen and oxygen atoms in total. The van der Waals surface area contributed by atoms with Crippen molar-refractivity contribution in [2.24, 2.45) is 5.41 Å². The molecule has 0 saturated carbocycles. The van der Waals surface area contributed by atoms with Gasteiger partial charge in [0.1, 0.15) is 12.1 Å². The second-order valence-corrected chi connectivity index (χ2v) is 6.86. The minimum absolute atomic E-state index is 0.160. The van der Waals surface area contributed by atoms with Gasteiger partial charge in [-0.1, -0.05) is 12.1 Å². The van der Waals surface area contributed by atoms with Gasteiger partial charge in [0.25, 0.3) is 0 Å². The third kappa shape index (κ3) is 3.26. The van der Waals surface area contributed by atoms with Gasteiger partial charge in [0.05, 0.1) is 12.7 Å². The Hall–Kier alpha value is -1.85. The van der Waals surface area contributed by atoms with Crippen molar-refractivity contribution in [1.29, 1.82) is 0 Å². The summed E-state index contributed by atoms with van der Waals surface area (Å²) < 4.78 is 19.2. The van der Waals surface area contributed by atoms with Crippen LogP contribution in [-0.2, 0) is 17.7 Å². The minimum Gasteiger partial charge on any atom is -0.377 e. The summed E-state index contributed by atoms with van der Waals surface area (Å²) >= 11 is 0. The number of ether oxygens (including phenoxy) is 1. The molecule has 1 spiro atoms. The first-order valence-corrected chi connectivity index (χ1v) is 8.03. The lowest BCUT2D eigenvalue weighted by Gasteiger charge is -2.47. The molecule has 0 amide bonds. The third-order valence-electron chi connectivity index (χ3n) is 4.78. The van der Waals surface area contributed by atoms with Crippen molar-refractivity contribution in [2.45, 2.75) is 25.5 Å². The summed E-state index contributed by atoms with van der Waals surface area (Å²) in [4.78, 5) is 10.5. The molecule has 1 aromatic carbocycles. The lowest BCUT2D eigenvalue weighted by Crippen LogP contribution is -2.56. The Kier molecular flexibility index (Phi) is 3.83. The van der Waals surface area contributed by atoms with Crippen molar-refractivity contribution >= 4 is 0 Å². The summed E-state index contributed by atoms with van der Waals surface area (Å²) in [5.41, 5.74) is 2.45. The molecule has 23 heavy (non-hydrogen) atoms. The third-order valence-corrected chi connectivity index (χ3v) is 4.78. The molecule has 2 saturated heterocycles.